The Kier molecular flexibility index (Phi) is 6.51. The van der Waals surface area contributed by atoms with E-state index in [2.05, 4.69) is 10.0 Å². The molecule has 0 aliphatic carbocycles. The molecule has 0 heterocycles. The van der Waals surface area contributed by atoms with E-state index >= 15 is 0 Å². The molecular weight excluding hydrogens is 190 g/mol. The first-order valence-electron chi connectivity index (χ1n) is 2.64. The summed E-state index contributed by atoms with van der Waals surface area (Å²) in [5.41, 5.74) is 10.9. The minimum Gasteiger partial charge on any atom is -0.412 e. The van der Waals surface area contributed by atoms with Crippen molar-refractivity contribution in [3.05, 3.63) is 0 Å². The van der Waals surface area contributed by atoms with Crippen molar-refractivity contribution in [2.75, 3.05) is 12.3 Å². The third kappa shape index (κ3) is 7.21. The first-order valence-corrected chi connectivity index (χ1v) is 4.22. The van der Waals surface area contributed by atoms with Gasteiger partial charge >= 0.3 is 6.03 Å². The molecule has 0 radical (unpaired) electrons. The van der Waals surface area contributed by atoms with Crippen molar-refractivity contribution in [2.24, 2.45) is 11.5 Å². The highest BCUT2D eigenvalue weighted by atomic mass is 32.2. The number of carbonyl (C=O) groups is 1. The molecule has 2 amide bonds. The van der Waals surface area contributed by atoms with Crippen LogP contribution < -0.4 is 16.9 Å². The van der Waals surface area contributed by atoms with E-state index < -0.39 is 16.1 Å². The van der Waals surface area contributed by atoms with Gasteiger partial charge in [0.2, 0.25) is 0 Å². The van der Waals surface area contributed by atoms with Crippen LogP contribution in [-0.4, -0.2) is 32.2 Å². The van der Waals surface area contributed by atoms with E-state index in [-0.39, 0.29) is 17.8 Å². The summed E-state index contributed by atoms with van der Waals surface area (Å²) < 4.78 is 25.0. The summed E-state index contributed by atoms with van der Waals surface area (Å²) in [6, 6.07) is -1.08. The largest absolute Gasteiger partial charge is 0.412 e. The van der Waals surface area contributed by atoms with Crippen LogP contribution in [0.15, 0.2) is 0 Å². The Morgan fingerprint density at radius 3 is 2.33 bits per heavy atom. The Bertz CT molecular complexity index is 224. The number of hydrogen-bond acceptors (Lipinski definition) is 5. The number of primary amides is 1. The van der Waals surface area contributed by atoms with Crippen molar-refractivity contribution in [1.82, 2.24) is 5.48 Å². The molecule has 0 atom stereocenters. The first kappa shape index (κ1) is 13.7. The van der Waals surface area contributed by atoms with E-state index in [9.17, 15) is 13.2 Å². The van der Waals surface area contributed by atoms with Gasteiger partial charge in [0, 0.05) is 6.54 Å². The molecular formula is C3H11N3O5S. The lowest BCUT2D eigenvalue weighted by Gasteiger charge is -2.01. The third-order valence-electron chi connectivity index (χ3n) is 0.637. The van der Waals surface area contributed by atoms with Gasteiger partial charge in [0.15, 0.2) is 0 Å². The number of nitrogens with one attached hydrogen (secondary N) is 1. The van der Waals surface area contributed by atoms with E-state index in [1.165, 1.54) is 5.48 Å². The van der Waals surface area contributed by atoms with Gasteiger partial charge in [-0.05, 0) is 0 Å². The van der Waals surface area contributed by atoms with Crippen LogP contribution in [0.25, 0.3) is 0 Å². The zero-order chi connectivity index (χ0) is 8.91. The van der Waals surface area contributed by atoms with E-state index in [1.54, 1.807) is 0 Å². The number of carbonyl (C=O) groups excluding carboxylic acids is 1. The standard InChI is InChI=1S/C3H9N3O4S.H2O/c4-1-2-11(8,9)10-6-3(5)7;/h1-2,4H2,(H3,5,6,7);1H2. The van der Waals surface area contributed by atoms with E-state index in [0.717, 1.165) is 0 Å². The van der Waals surface area contributed by atoms with Gasteiger partial charge in [0.25, 0.3) is 10.1 Å². The number of rotatable bonds is 4. The van der Waals surface area contributed by atoms with Crippen LogP contribution in [0.5, 0.6) is 0 Å². The zero-order valence-corrected chi connectivity index (χ0v) is 6.93. The van der Waals surface area contributed by atoms with Gasteiger partial charge in [0.1, 0.15) is 0 Å². The monoisotopic (exact) mass is 201 g/mol. The minimum absolute atomic E-state index is 0. The van der Waals surface area contributed by atoms with Gasteiger partial charge in [-0.1, -0.05) is 0 Å². The Balaban J connectivity index is 0. The molecule has 0 aromatic heterocycles. The van der Waals surface area contributed by atoms with Crippen molar-refractivity contribution >= 4 is 16.1 Å². The van der Waals surface area contributed by atoms with Gasteiger partial charge in [-0.3, -0.25) is 0 Å². The van der Waals surface area contributed by atoms with Crippen molar-refractivity contribution < 1.29 is 23.0 Å². The summed E-state index contributed by atoms with van der Waals surface area (Å²) in [5, 5.41) is 0. The molecule has 0 saturated carbocycles. The second-order valence-corrected chi connectivity index (χ2v) is 3.29. The topological polar surface area (TPSA) is 156 Å². The first-order chi connectivity index (χ1) is 4.98. The highest BCUT2D eigenvalue weighted by Crippen LogP contribution is 1.86. The molecule has 0 rings (SSSR count). The molecule has 0 aromatic carbocycles. The van der Waals surface area contributed by atoms with Crippen molar-refractivity contribution in [1.29, 1.82) is 0 Å². The highest BCUT2D eigenvalue weighted by molar-refractivity contribution is 7.86. The molecule has 0 spiro atoms. The number of nitrogens with two attached hydrogens (primary N) is 2. The molecule has 0 fully saturated rings. The Morgan fingerprint density at radius 2 is 2.00 bits per heavy atom. The Labute approximate surface area is 69.2 Å². The van der Waals surface area contributed by atoms with Crippen molar-refractivity contribution in [3.8, 4) is 0 Å². The predicted octanol–water partition coefficient (Wildman–Crippen LogP) is -2.95. The fraction of sp³-hybridized carbons (Fsp3) is 0.667. The second-order valence-electron chi connectivity index (χ2n) is 1.60. The summed E-state index contributed by atoms with van der Waals surface area (Å²) in [4.78, 5) is 9.94. The second kappa shape index (κ2) is 5.71. The zero-order valence-electron chi connectivity index (χ0n) is 6.11. The molecule has 12 heavy (non-hydrogen) atoms. The number of hydrogen-bond donors (Lipinski definition) is 3. The van der Waals surface area contributed by atoms with Crippen molar-refractivity contribution in [2.45, 2.75) is 0 Å². The van der Waals surface area contributed by atoms with Crippen LogP contribution in [0.2, 0.25) is 0 Å². The molecule has 0 aromatic rings. The fourth-order valence-electron chi connectivity index (χ4n) is 0.291. The molecule has 0 aliphatic heterocycles. The summed E-state index contributed by atoms with van der Waals surface area (Å²) in [7, 11) is -3.76. The molecule has 7 N–H and O–H groups in total. The van der Waals surface area contributed by atoms with Crippen LogP contribution >= 0.6 is 0 Å². The maximum Gasteiger partial charge on any atom is 0.337 e. The molecule has 9 heteroatoms. The maximum atomic E-state index is 10.6. The number of amides is 2. The maximum absolute atomic E-state index is 10.6. The minimum atomic E-state index is -3.76. The lowest BCUT2D eigenvalue weighted by molar-refractivity contribution is 0.189. The lowest BCUT2D eigenvalue weighted by Crippen LogP contribution is -2.33. The van der Waals surface area contributed by atoms with Gasteiger partial charge in [-0.2, -0.15) is 13.9 Å². The summed E-state index contributed by atoms with van der Waals surface area (Å²) in [6.45, 7) is -0.0806. The summed E-state index contributed by atoms with van der Waals surface area (Å²) >= 11 is 0. The molecule has 0 aliphatic rings. The fourth-order valence-corrected chi connectivity index (χ4v) is 0.872. The highest BCUT2D eigenvalue weighted by Gasteiger charge is 2.10. The quantitative estimate of drug-likeness (QED) is 0.414. The van der Waals surface area contributed by atoms with E-state index in [4.69, 9.17) is 5.73 Å². The van der Waals surface area contributed by atoms with Crippen molar-refractivity contribution in [3.63, 3.8) is 0 Å². The summed E-state index contributed by atoms with van der Waals surface area (Å²) in [6.07, 6.45) is 0. The molecule has 0 bridgehead atoms. The van der Waals surface area contributed by atoms with Crippen LogP contribution in [0.4, 0.5) is 4.79 Å². The van der Waals surface area contributed by atoms with E-state index in [1.807, 2.05) is 0 Å². The predicted molar refractivity (Wildman–Crippen MR) is 40.3 cm³/mol. The molecule has 0 saturated heterocycles. The average Bonchev–Trinajstić information content (AvgIpc) is 1.84. The van der Waals surface area contributed by atoms with Crippen LogP contribution in [0.3, 0.4) is 0 Å². The molecule has 8 nitrogen and oxygen atoms in total. The molecule has 74 valence electrons. The van der Waals surface area contributed by atoms with Gasteiger partial charge in [-0.15, -0.1) is 4.28 Å². The smallest absolute Gasteiger partial charge is 0.337 e. The Morgan fingerprint density at radius 1 is 1.50 bits per heavy atom. The lowest BCUT2D eigenvalue weighted by atomic mass is 10.8. The Hall–Kier alpha value is -0.900. The number of hydroxylamine groups is 1. The van der Waals surface area contributed by atoms with Gasteiger partial charge in [-0.25, -0.2) is 4.79 Å². The van der Waals surface area contributed by atoms with Crippen LogP contribution in [0, 0.1) is 0 Å². The van der Waals surface area contributed by atoms with Gasteiger partial charge in [0.05, 0.1) is 5.75 Å². The SMILES string of the molecule is NCCS(=O)(=O)ONC(N)=O.O. The third-order valence-corrected chi connectivity index (χ3v) is 1.71. The van der Waals surface area contributed by atoms with Gasteiger partial charge < -0.3 is 16.9 Å². The van der Waals surface area contributed by atoms with Crippen LogP contribution in [0.1, 0.15) is 0 Å². The summed E-state index contributed by atoms with van der Waals surface area (Å²) in [5.74, 6) is -0.368. The van der Waals surface area contributed by atoms with Crippen LogP contribution in [-0.2, 0) is 14.4 Å². The van der Waals surface area contributed by atoms with E-state index in [0.29, 0.717) is 0 Å². The normalized spacial score (nSPS) is 10.1. The molecule has 0 unspecified atom stereocenters. The average molecular weight is 201 g/mol. The number of urea groups is 1.